The Balaban J connectivity index is 1.93. The Morgan fingerprint density at radius 1 is 1.00 bits per heavy atom. The highest BCUT2D eigenvalue weighted by Gasteiger charge is 2.18. The van der Waals surface area contributed by atoms with E-state index in [1.807, 2.05) is 60.7 Å². The fourth-order valence-electron chi connectivity index (χ4n) is 2.75. The van der Waals surface area contributed by atoms with Crippen molar-refractivity contribution in [2.45, 2.75) is 18.8 Å². The van der Waals surface area contributed by atoms with Crippen LogP contribution >= 0.6 is 0 Å². The number of nitrogens with zero attached hydrogens (tertiary/aromatic N) is 1. The molecule has 0 unspecified atom stereocenters. The van der Waals surface area contributed by atoms with Gasteiger partial charge in [0.1, 0.15) is 0 Å². The first-order valence-corrected chi connectivity index (χ1v) is 10.5. The molecule has 0 aliphatic heterocycles. The Morgan fingerprint density at radius 2 is 1.50 bits per heavy atom. The molecule has 0 fully saturated rings. The summed E-state index contributed by atoms with van der Waals surface area (Å²) in [5.41, 5.74) is 2.20. The highest BCUT2D eigenvalue weighted by Crippen LogP contribution is 2.27. The maximum Gasteiger partial charge on any atom is 0.220 e. The third-order valence-corrected chi connectivity index (χ3v) is 5.65. The molecule has 0 aliphatic rings. The zero-order chi connectivity index (χ0) is 19.0. The van der Waals surface area contributed by atoms with Crippen molar-refractivity contribution >= 4 is 15.9 Å². The van der Waals surface area contributed by atoms with E-state index in [2.05, 4.69) is 5.32 Å². The molecule has 5 nitrogen and oxygen atoms in total. The van der Waals surface area contributed by atoms with E-state index in [1.165, 1.54) is 17.6 Å². The second-order valence-corrected chi connectivity index (χ2v) is 8.46. The minimum atomic E-state index is -3.17. The number of carbonyl (C=O) groups is 1. The van der Waals surface area contributed by atoms with Gasteiger partial charge in [0.25, 0.3) is 0 Å². The average Bonchev–Trinajstić information content (AvgIpc) is 2.63. The lowest BCUT2D eigenvalue weighted by Gasteiger charge is -2.18. The van der Waals surface area contributed by atoms with Gasteiger partial charge in [-0.25, -0.2) is 12.7 Å². The Labute approximate surface area is 156 Å². The predicted octanol–water partition coefficient (Wildman–Crippen LogP) is 2.61. The summed E-state index contributed by atoms with van der Waals surface area (Å²) in [6, 6.07) is 20.0. The molecule has 26 heavy (non-hydrogen) atoms. The molecule has 0 bridgehead atoms. The molecule has 0 saturated carbocycles. The third kappa shape index (κ3) is 6.28. The van der Waals surface area contributed by atoms with E-state index < -0.39 is 10.0 Å². The fraction of sp³-hybridized carbons (Fsp3) is 0.350. The van der Waals surface area contributed by atoms with Crippen molar-refractivity contribution in [1.29, 1.82) is 0 Å². The van der Waals surface area contributed by atoms with Crippen LogP contribution in [0.15, 0.2) is 60.7 Å². The van der Waals surface area contributed by atoms with Crippen LogP contribution < -0.4 is 5.32 Å². The predicted molar refractivity (Wildman–Crippen MR) is 104 cm³/mol. The summed E-state index contributed by atoms with van der Waals surface area (Å²) in [5, 5.41) is 2.90. The van der Waals surface area contributed by atoms with E-state index in [0.29, 0.717) is 25.9 Å². The van der Waals surface area contributed by atoms with E-state index >= 15 is 0 Å². The first kappa shape index (κ1) is 20.1. The van der Waals surface area contributed by atoms with Crippen LogP contribution in [0.3, 0.4) is 0 Å². The van der Waals surface area contributed by atoms with Crippen LogP contribution in [0.4, 0.5) is 0 Å². The molecule has 0 aliphatic carbocycles. The monoisotopic (exact) mass is 374 g/mol. The second-order valence-electron chi connectivity index (χ2n) is 6.37. The number of sulfonamides is 1. The van der Waals surface area contributed by atoms with Gasteiger partial charge in [0.2, 0.25) is 15.9 Å². The van der Waals surface area contributed by atoms with Crippen LogP contribution in [0.1, 0.15) is 29.9 Å². The maximum atomic E-state index is 12.4. The first-order valence-electron chi connectivity index (χ1n) is 8.66. The number of benzene rings is 2. The highest BCUT2D eigenvalue weighted by molar-refractivity contribution is 7.88. The molecule has 0 radical (unpaired) electrons. The summed E-state index contributed by atoms with van der Waals surface area (Å²) < 4.78 is 24.0. The lowest BCUT2D eigenvalue weighted by molar-refractivity contribution is -0.121. The van der Waals surface area contributed by atoms with Gasteiger partial charge in [0.15, 0.2) is 0 Å². The van der Waals surface area contributed by atoms with Crippen molar-refractivity contribution < 1.29 is 13.2 Å². The molecule has 0 saturated heterocycles. The second kappa shape index (κ2) is 9.50. The van der Waals surface area contributed by atoms with Crippen LogP contribution in [-0.2, 0) is 14.8 Å². The summed E-state index contributed by atoms with van der Waals surface area (Å²) in [4.78, 5) is 12.4. The van der Waals surface area contributed by atoms with E-state index in [4.69, 9.17) is 0 Å². The minimum Gasteiger partial charge on any atom is -0.356 e. The smallest absolute Gasteiger partial charge is 0.220 e. The summed E-state index contributed by atoms with van der Waals surface area (Å²) in [5.74, 6) is -0.0409. The molecule has 1 N–H and O–H groups in total. The molecule has 0 atom stereocenters. The Kier molecular flexibility index (Phi) is 7.36. The number of rotatable bonds is 9. The summed E-state index contributed by atoms with van der Waals surface area (Å²) in [6.45, 7) is 0.842. The van der Waals surface area contributed by atoms with Crippen molar-refractivity contribution in [1.82, 2.24) is 9.62 Å². The lowest BCUT2D eigenvalue weighted by atomic mass is 9.88. The SMILES string of the molecule is CN(CCCNC(=O)CC(c1ccccc1)c1ccccc1)S(C)(=O)=O. The van der Waals surface area contributed by atoms with Crippen molar-refractivity contribution in [2.75, 3.05) is 26.4 Å². The number of hydrogen-bond donors (Lipinski definition) is 1. The number of carbonyl (C=O) groups excluding carboxylic acids is 1. The first-order chi connectivity index (χ1) is 12.4. The van der Waals surface area contributed by atoms with Gasteiger partial charge < -0.3 is 5.32 Å². The number of hydrogen-bond acceptors (Lipinski definition) is 3. The van der Waals surface area contributed by atoms with Gasteiger partial charge in [0.05, 0.1) is 6.26 Å². The molecule has 2 aromatic rings. The molecule has 2 aromatic carbocycles. The van der Waals surface area contributed by atoms with Gasteiger partial charge in [-0.15, -0.1) is 0 Å². The molecular formula is C20H26N2O3S. The number of nitrogens with one attached hydrogen (secondary N) is 1. The maximum absolute atomic E-state index is 12.4. The van der Waals surface area contributed by atoms with Crippen LogP contribution in [0.2, 0.25) is 0 Å². The molecule has 0 spiro atoms. The van der Waals surface area contributed by atoms with E-state index in [1.54, 1.807) is 0 Å². The topological polar surface area (TPSA) is 66.5 Å². The molecule has 1 amide bonds. The Bertz CT molecular complexity index is 753. The standard InChI is InChI=1S/C20H26N2O3S/c1-22(26(2,24)25)15-9-14-21-20(23)16-19(17-10-5-3-6-11-17)18-12-7-4-8-13-18/h3-8,10-13,19H,9,14-16H2,1-2H3,(H,21,23). The van der Waals surface area contributed by atoms with E-state index in [9.17, 15) is 13.2 Å². The van der Waals surface area contributed by atoms with Crippen LogP contribution in [-0.4, -0.2) is 45.0 Å². The summed E-state index contributed by atoms with van der Waals surface area (Å²) in [6.07, 6.45) is 2.11. The van der Waals surface area contributed by atoms with Crippen LogP contribution in [0, 0.1) is 0 Å². The summed E-state index contributed by atoms with van der Waals surface area (Å²) in [7, 11) is -1.63. The Morgan fingerprint density at radius 3 is 1.96 bits per heavy atom. The molecule has 0 aromatic heterocycles. The van der Waals surface area contributed by atoms with Crippen molar-refractivity contribution in [3.05, 3.63) is 71.8 Å². The van der Waals surface area contributed by atoms with E-state index in [0.717, 1.165) is 11.1 Å². The molecule has 140 valence electrons. The van der Waals surface area contributed by atoms with E-state index in [-0.39, 0.29) is 11.8 Å². The zero-order valence-electron chi connectivity index (χ0n) is 15.3. The van der Waals surface area contributed by atoms with Gasteiger partial charge >= 0.3 is 0 Å². The third-order valence-electron chi connectivity index (χ3n) is 4.33. The number of amides is 1. The zero-order valence-corrected chi connectivity index (χ0v) is 16.1. The fourth-order valence-corrected chi connectivity index (χ4v) is 3.21. The van der Waals surface area contributed by atoms with Gasteiger partial charge in [0, 0.05) is 32.5 Å². The average molecular weight is 375 g/mol. The molecular weight excluding hydrogens is 348 g/mol. The quantitative estimate of drug-likeness (QED) is 0.686. The molecule has 2 rings (SSSR count). The highest BCUT2D eigenvalue weighted by atomic mass is 32.2. The lowest BCUT2D eigenvalue weighted by Crippen LogP contribution is -2.31. The summed E-state index contributed by atoms with van der Waals surface area (Å²) >= 11 is 0. The largest absolute Gasteiger partial charge is 0.356 e. The van der Waals surface area contributed by atoms with Gasteiger partial charge in [-0.2, -0.15) is 0 Å². The van der Waals surface area contributed by atoms with Crippen molar-refractivity contribution in [2.24, 2.45) is 0 Å². The molecule has 0 heterocycles. The van der Waals surface area contributed by atoms with Crippen molar-refractivity contribution in [3.63, 3.8) is 0 Å². The van der Waals surface area contributed by atoms with Gasteiger partial charge in [-0.3, -0.25) is 4.79 Å². The van der Waals surface area contributed by atoms with Crippen molar-refractivity contribution in [3.8, 4) is 0 Å². The van der Waals surface area contributed by atoms with Gasteiger partial charge in [-0.05, 0) is 17.5 Å². The normalized spacial score (nSPS) is 11.7. The van der Waals surface area contributed by atoms with Gasteiger partial charge in [-0.1, -0.05) is 60.7 Å². The van der Waals surface area contributed by atoms with Crippen LogP contribution in [0.5, 0.6) is 0 Å². The molecule has 6 heteroatoms. The van der Waals surface area contributed by atoms with Crippen LogP contribution in [0.25, 0.3) is 0 Å². The Hall–Kier alpha value is -2.18. The minimum absolute atomic E-state index is 0.00362.